The monoisotopic (exact) mass is 503 g/mol. The van der Waals surface area contributed by atoms with Gasteiger partial charge in [0.15, 0.2) is 11.5 Å². The third-order valence-electron chi connectivity index (χ3n) is 5.66. The minimum atomic E-state index is -3.81. The Labute approximate surface area is 207 Å². The lowest BCUT2D eigenvalue weighted by Crippen LogP contribution is -2.52. The molecule has 2 aromatic carbocycles. The third kappa shape index (κ3) is 6.45. The summed E-state index contributed by atoms with van der Waals surface area (Å²) in [5, 5.41) is 2.83. The third-order valence-corrected chi connectivity index (χ3v) is 7.40. The number of carbonyl (C=O) groups is 2. The molecule has 10 heteroatoms. The van der Waals surface area contributed by atoms with Crippen LogP contribution in [0.4, 0.5) is 5.69 Å². The van der Waals surface area contributed by atoms with E-state index in [0.717, 1.165) is 15.4 Å². The first-order valence-corrected chi connectivity index (χ1v) is 13.2. The maximum Gasteiger partial charge on any atom is 0.244 e. The van der Waals surface area contributed by atoms with Crippen molar-refractivity contribution in [2.45, 2.75) is 53.2 Å². The number of sulfonamides is 1. The van der Waals surface area contributed by atoms with Crippen LogP contribution in [0, 0.1) is 6.92 Å². The van der Waals surface area contributed by atoms with Crippen molar-refractivity contribution < 1.29 is 27.5 Å². The van der Waals surface area contributed by atoms with Crippen molar-refractivity contribution in [1.29, 1.82) is 0 Å². The molecule has 3 rings (SSSR count). The number of anilines is 1. The van der Waals surface area contributed by atoms with Gasteiger partial charge in [0, 0.05) is 18.7 Å². The molecular formula is C25H33N3O6S. The molecule has 0 spiro atoms. The lowest BCUT2D eigenvalue weighted by molar-refractivity contribution is -0.139. The number of amides is 2. The smallest absolute Gasteiger partial charge is 0.244 e. The van der Waals surface area contributed by atoms with Gasteiger partial charge in [0.1, 0.15) is 12.6 Å². The van der Waals surface area contributed by atoms with E-state index in [1.807, 2.05) is 45.0 Å². The number of rotatable bonds is 10. The van der Waals surface area contributed by atoms with E-state index in [-0.39, 0.29) is 31.0 Å². The average molecular weight is 504 g/mol. The lowest BCUT2D eigenvalue weighted by atomic mass is 10.1. The first-order valence-electron chi connectivity index (χ1n) is 11.6. The lowest BCUT2D eigenvalue weighted by Gasteiger charge is -2.32. The van der Waals surface area contributed by atoms with Gasteiger partial charge in [-0.05, 0) is 52.3 Å². The number of nitrogens with one attached hydrogen (secondary N) is 1. The van der Waals surface area contributed by atoms with Gasteiger partial charge in [-0.3, -0.25) is 13.9 Å². The SMILES string of the molecule is CCS(=O)(=O)N(CC(=O)N(Cc1cccc(C)c1)[C@@H](C)C(=O)NC(C)C)c1ccc2c(c1)OCO2. The second kappa shape index (κ2) is 11.0. The molecular weight excluding hydrogens is 470 g/mol. The molecule has 190 valence electrons. The highest BCUT2D eigenvalue weighted by atomic mass is 32.2. The molecule has 35 heavy (non-hydrogen) atoms. The predicted octanol–water partition coefficient (Wildman–Crippen LogP) is 2.82. The highest BCUT2D eigenvalue weighted by Gasteiger charge is 2.31. The molecule has 2 aromatic rings. The van der Waals surface area contributed by atoms with E-state index in [9.17, 15) is 18.0 Å². The molecule has 0 bridgehead atoms. The molecule has 0 saturated heterocycles. The number of fused-ring (bicyclic) bond motifs is 1. The Hall–Kier alpha value is -3.27. The van der Waals surface area contributed by atoms with Crippen LogP contribution in [0.5, 0.6) is 11.5 Å². The standard InChI is InChI=1S/C25H33N3O6S/c1-6-35(31,32)28(21-10-11-22-23(13-21)34-16-33-22)15-24(29)27(19(5)25(30)26-17(2)3)14-20-9-7-8-18(4)12-20/h7-13,17,19H,6,14-16H2,1-5H3,(H,26,30)/t19-/m0/s1. The van der Waals surface area contributed by atoms with Gasteiger partial charge in [0.05, 0.1) is 11.4 Å². The molecule has 0 saturated carbocycles. The summed E-state index contributed by atoms with van der Waals surface area (Å²) in [6.07, 6.45) is 0. The van der Waals surface area contributed by atoms with Crippen molar-refractivity contribution in [2.75, 3.05) is 23.4 Å². The van der Waals surface area contributed by atoms with Crippen LogP contribution in [0.1, 0.15) is 38.8 Å². The van der Waals surface area contributed by atoms with Crippen LogP contribution in [0.2, 0.25) is 0 Å². The average Bonchev–Trinajstić information content (AvgIpc) is 3.27. The maximum atomic E-state index is 13.6. The second-order valence-electron chi connectivity index (χ2n) is 8.79. The highest BCUT2D eigenvalue weighted by molar-refractivity contribution is 7.92. The fourth-order valence-corrected chi connectivity index (χ4v) is 4.81. The topological polar surface area (TPSA) is 105 Å². The van der Waals surface area contributed by atoms with Crippen LogP contribution < -0.4 is 19.1 Å². The first-order chi connectivity index (χ1) is 16.5. The van der Waals surface area contributed by atoms with Gasteiger partial charge in [-0.1, -0.05) is 29.8 Å². The predicted molar refractivity (Wildman–Crippen MR) is 134 cm³/mol. The number of hydrogen-bond donors (Lipinski definition) is 1. The summed E-state index contributed by atoms with van der Waals surface area (Å²) < 4.78 is 37.8. The highest BCUT2D eigenvalue weighted by Crippen LogP contribution is 2.36. The quantitative estimate of drug-likeness (QED) is 0.535. The molecule has 1 heterocycles. The Morgan fingerprint density at radius 1 is 1.06 bits per heavy atom. The Bertz CT molecular complexity index is 1180. The van der Waals surface area contributed by atoms with Crippen molar-refractivity contribution in [1.82, 2.24) is 10.2 Å². The van der Waals surface area contributed by atoms with Crippen molar-refractivity contribution in [3.63, 3.8) is 0 Å². The van der Waals surface area contributed by atoms with E-state index in [1.165, 1.54) is 11.8 Å². The molecule has 1 aliphatic rings. The van der Waals surface area contributed by atoms with E-state index >= 15 is 0 Å². The molecule has 9 nitrogen and oxygen atoms in total. The summed E-state index contributed by atoms with van der Waals surface area (Å²) in [4.78, 5) is 27.9. The van der Waals surface area contributed by atoms with Crippen LogP contribution in [-0.4, -0.2) is 56.3 Å². The van der Waals surface area contributed by atoms with Crippen molar-refractivity contribution in [2.24, 2.45) is 0 Å². The Kier molecular flexibility index (Phi) is 8.26. The zero-order valence-electron chi connectivity index (χ0n) is 20.8. The molecule has 1 N–H and O–H groups in total. The van der Waals surface area contributed by atoms with Crippen LogP contribution >= 0.6 is 0 Å². The summed E-state index contributed by atoms with van der Waals surface area (Å²) in [6.45, 7) is 8.53. The second-order valence-corrected chi connectivity index (χ2v) is 11.0. The zero-order chi connectivity index (χ0) is 25.8. The zero-order valence-corrected chi connectivity index (χ0v) is 21.6. The number of hydrogen-bond acceptors (Lipinski definition) is 6. The maximum absolute atomic E-state index is 13.6. The van der Waals surface area contributed by atoms with E-state index in [1.54, 1.807) is 25.1 Å². The molecule has 0 fully saturated rings. The minimum absolute atomic E-state index is 0.0466. The van der Waals surface area contributed by atoms with Gasteiger partial charge < -0.3 is 19.7 Å². The fraction of sp³-hybridized carbons (Fsp3) is 0.440. The number of carbonyl (C=O) groups excluding carboxylic acids is 2. The molecule has 1 atom stereocenters. The molecule has 0 unspecified atom stereocenters. The normalized spacial score (nSPS) is 13.4. The van der Waals surface area contributed by atoms with Gasteiger partial charge in [-0.2, -0.15) is 0 Å². The first kappa shape index (κ1) is 26.3. The Morgan fingerprint density at radius 2 is 1.77 bits per heavy atom. The molecule has 0 aromatic heterocycles. The van der Waals surface area contributed by atoms with Gasteiger partial charge in [0.25, 0.3) is 0 Å². The molecule has 2 amide bonds. The molecule has 0 radical (unpaired) electrons. The van der Waals surface area contributed by atoms with Gasteiger partial charge in [-0.15, -0.1) is 0 Å². The van der Waals surface area contributed by atoms with Gasteiger partial charge in [-0.25, -0.2) is 8.42 Å². The number of aryl methyl sites for hydroxylation is 1. The van der Waals surface area contributed by atoms with Crippen LogP contribution in [0.15, 0.2) is 42.5 Å². The summed E-state index contributed by atoms with van der Waals surface area (Å²) in [6, 6.07) is 11.5. The fourth-order valence-electron chi connectivity index (χ4n) is 3.76. The summed E-state index contributed by atoms with van der Waals surface area (Å²) in [5.74, 6) is -0.0844. The Balaban J connectivity index is 1.94. The van der Waals surface area contributed by atoms with Crippen LogP contribution in [0.25, 0.3) is 0 Å². The minimum Gasteiger partial charge on any atom is -0.454 e. The van der Waals surface area contributed by atoms with E-state index in [0.29, 0.717) is 17.2 Å². The van der Waals surface area contributed by atoms with E-state index in [4.69, 9.17) is 9.47 Å². The Morgan fingerprint density at radius 3 is 2.43 bits per heavy atom. The number of nitrogens with zero attached hydrogens (tertiary/aromatic N) is 2. The van der Waals surface area contributed by atoms with Crippen LogP contribution in [0.3, 0.4) is 0 Å². The van der Waals surface area contributed by atoms with Gasteiger partial charge in [0.2, 0.25) is 28.6 Å². The van der Waals surface area contributed by atoms with Crippen LogP contribution in [-0.2, 0) is 26.2 Å². The van der Waals surface area contributed by atoms with Crippen molar-refractivity contribution in [3.8, 4) is 11.5 Å². The largest absolute Gasteiger partial charge is 0.454 e. The molecule has 0 aliphatic carbocycles. The van der Waals surface area contributed by atoms with Crippen molar-refractivity contribution in [3.05, 3.63) is 53.6 Å². The summed E-state index contributed by atoms with van der Waals surface area (Å²) in [5.41, 5.74) is 2.15. The summed E-state index contributed by atoms with van der Waals surface area (Å²) >= 11 is 0. The van der Waals surface area contributed by atoms with Gasteiger partial charge >= 0.3 is 0 Å². The van der Waals surface area contributed by atoms with Crippen molar-refractivity contribution >= 4 is 27.5 Å². The summed E-state index contributed by atoms with van der Waals surface area (Å²) in [7, 11) is -3.81. The van der Waals surface area contributed by atoms with E-state index in [2.05, 4.69) is 5.32 Å². The number of ether oxygens (including phenoxy) is 2. The molecule has 1 aliphatic heterocycles. The number of benzene rings is 2. The van der Waals surface area contributed by atoms with E-state index < -0.39 is 28.5 Å².